The maximum absolute atomic E-state index is 13.8. The van der Waals surface area contributed by atoms with E-state index in [2.05, 4.69) is 15.3 Å². The molecule has 0 spiro atoms. The van der Waals surface area contributed by atoms with E-state index in [-0.39, 0.29) is 17.9 Å². The van der Waals surface area contributed by atoms with Crippen LogP contribution in [0.15, 0.2) is 67.1 Å². The molecular formula is C28H29N4O4+. The van der Waals surface area contributed by atoms with Crippen LogP contribution in [0.2, 0.25) is 0 Å². The second-order valence-electron chi connectivity index (χ2n) is 10.3. The van der Waals surface area contributed by atoms with Crippen molar-refractivity contribution in [2.24, 2.45) is 5.92 Å². The van der Waals surface area contributed by atoms with Gasteiger partial charge in [0.05, 0.1) is 13.1 Å². The van der Waals surface area contributed by atoms with Crippen LogP contribution in [-0.4, -0.2) is 63.7 Å². The molecule has 1 aromatic heterocycles. The third-order valence-electron chi connectivity index (χ3n) is 8.12. The van der Waals surface area contributed by atoms with Gasteiger partial charge in [0.2, 0.25) is 5.60 Å². The Kier molecular flexibility index (Phi) is 5.58. The number of carbonyl (C=O) groups excluding carboxylic acids is 2. The first-order valence-corrected chi connectivity index (χ1v) is 12.5. The molecule has 184 valence electrons. The lowest BCUT2D eigenvalue weighted by Crippen LogP contribution is -2.66. The normalized spacial score (nSPS) is 25.4. The van der Waals surface area contributed by atoms with Gasteiger partial charge in [-0.05, 0) is 23.6 Å². The predicted octanol–water partition coefficient (Wildman–Crippen LogP) is 2.41. The summed E-state index contributed by atoms with van der Waals surface area (Å²) in [6.45, 7) is 2.59. The monoisotopic (exact) mass is 485 g/mol. The number of nitrogens with zero attached hydrogens (tertiary/aromatic N) is 3. The van der Waals surface area contributed by atoms with E-state index in [1.54, 1.807) is 12.3 Å². The number of anilines is 1. The molecule has 2 aromatic carbocycles. The summed E-state index contributed by atoms with van der Waals surface area (Å²) in [5, 5.41) is 14.8. The average molecular weight is 486 g/mol. The maximum atomic E-state index is 13.8. The number of rotatable bonds is 5. The third-order valence-corrected chi connectivity index (χ3v) is 8.12. The Balaban J connectivity index is 1.23. The summed E-state index contributed by atoms with van der Waals surface area (Å²) in [6.07, 6.45) is 5.06. The quantitative estimate of drug-likeness (QED) is 0.425. The lowest BCUT2D eigenvalue weighted by atomic mass is 9.74. The zero-order chi connectivity index (χ0) is 24.8. The van der Waals surface area contributed by atoms with Crippen LogP contribution in [0.25, 0.3) is 0 Å². The summed E-state index contributed by atoms with van der Waals surface area (Å²) in [5.74, 6) is -0.0474. The van der Waals surface area contributed by atoms with E-state index in [0.717, 1.165) is 37.1 Å². The zero-order valence-corrected chi connectivity index (χ0v) is 20.0. The van der Waals surface area contributed by atoms with Gasteiger partial charge in [-0.2, -0.15) is 0 Å². The van der Waals surface area contributed by atoms with E-state index in [4.69, 9.17) is 4.74 Å². The summed E-state index contributed by atoms with van der Waals surface area (Å²) in [6, 6.07) is 16.7. The SMILES string of the molecule is O=C(C[N+]12CCC(CC1)[C@@H](OC(=O)C1(O)c3ccccc3Cc3ccccc31)C2)Nc1ccncn1. The summed E-state index contributed by atoms with van der Waals surface area (Å²) in [5.41, 5.74) is 1.17. The average Bonchev–Trinajstić information content (AvgIpc) is 2.90. The van der Waals surface area contributed by atoms with Crippen molar-refractivity contribution in [3.8, 4) is 0 Å². The van der Waals surface area contributed by atoms with Crippen molar-refractivity contribution in [3.05, 3.63) is 89.4 Å². The lowest BCUT2D eigenvalue weighted by molar-refractivity contribution is -0.939. The molecule has 8 nitrogen and oxygen atoms in total. The first kappa shape index (κ1) is 22.8. The number of fused-ring (bicyclic) bond motifs is 5. The molecule has 0 radical (unpaired) electrons. The fourth-order valence-electron chi connectivity index (χ4n) is 6.28. The van der Waals surface area contributed by atoms with Crippen LogP contribution in [0.3, 0.4) is 0 Å². The Morgan fingerprint density at radius 3 is 2.33 bits per heavy atom. The van der Waals surface area contributed by atoms with Gasteiger partial charge < -0.3 is 19.6 Å². The highest BCUT2D eigenvalue weighted by atomic mass is 16.6. The van der Waals surface area contributed by atoms with E-state index >= 15 is 0 Å². The van der Waals surface area contributed by atoms with Crippen molar-refractivity contribution in [1.29, 1.82) is 0 Å². The van der Waals surface area contributed by atoms with Crippen molar-refractivity contribution < 1.29 is 23.9 Å². The van der Waals surface area contributed by atoms with Crippen molar-refractivity contribution in [1.82, 2.24) is 9.97 Å². The van der Waals surface area contributed by atoms with E-state index in [0.29, 0.717) is 40.9 Å². The number of quaternary nitrogens is 1. The molecule has 1 atom stereocenters. The zero-order valence-electron chi connectivity index (χ0n) is 20.0. The predicted molar refractivity (Wildman–Crippen MR) is 132 cm³/mol. The number of amides is 1. The third kappa shape index (κ3) is 3.86. The van der Waals surface area contributed by atoms with Gasteiger partial charge >= 0.3 is 5.97 Å². The van der Waals surface area contributed by atoms with E-state index in [1.807, 2.05) is 48.5 Å². The van der Waals surface area contributed by atoms with Crippen LogP contribution in [0.5, 0.6) is 0 Å². The molecule has 1 amide bonds. The highest BCUT2D eigenvalue weighted by Crippen LogP contribution is 2.42. The topological polar surface area (TPSA) is 101 Å². The van der Waals surface area contributed by atoms with Crippen LogP contribution in [0.1, 0.15) is 35.1 Å². The number of hydrogen-bond acceptors (Lipinski definition) is 6. The van der Waals surface area contributed by atoms with Crippen LogP contribution in [0.4, 0.5) is 5.82 Å². The molecular weight excluding hydrogens is 456 g/mol. The van der Waals surface area contributed by atoms with Crippen molar-refractivity contribution in [3.63, 3.8) is 0 Å². The Hall–Kier alpha value is -3.62. The minimum atomic E-state index is -1.85. The molecule has 8 heteroatoms. The van der Waals surface area contributed by atoms with Crippen LogP contribution >= 0.6 is 0 Å². The molecule has 3 fully saturated rings. The summed E-state index contributed by atoms with van der Waals surface area (Å²) < 4.78 is 6.72. The number of nitrogens with one attached hydrogen (secondary N) is 1. The Bertz CT molecular complexity index is 1260. The minimum Gasteiger partial charge on any atom is -0.453 e. The Morgan fingerprint density at radius 2 is 1.69 bits per heavy atom. The van der Waals surface area contributed by atoms with Gasteiger partial charge in [0.1, 0.15) is 18.7 Å². The molecule has 2 N–H and O–H groups in total. The number of carbonyl (C=O) groups is 2. The molecule has 0 saturated carbocycles. The van der Waals surface area contributed by atoms with Gasteiger partial charge in [-0.3, -0.25) is 4.79 Å². The maximum Gasteiger partial charge on any atom is 0.348 e. The number of piperidine rings is 3. The summed E-state index contributed by atoms with van der Waals surface area (Å²) in [7, 11) is 0. The number of benzene rings is 2. The molecule has 36 heavy (non-hydrogen) atoms. The molecule has 3 aliphatic heterocycles. The Morgan fingerprint density at radius 1 is 1.03 bits per heavy atom. The van der Waals surface area contributed by atoms with Gasteiger partial charge in [0, 0.05) is 36.1 Å². The number of hydrogen-bond donors (Lipinski definition) is 2. The molecule has 0 unspecified atom stereocenters. The highest BCUT2D eigenvalue weighted by molar-refractivity contribution is 5.90. The largest absolute Gasteiger partial charge is 0.453 e. The summed E-state index contributed by atoms with van der Waals surface area (Å²) >= 11 is 0. The van der Waals surface area contributed by atoms with E-state index in [1.165, 1.54) is 6.33 Å². The molecule has 7 rings (SSSR count). The molecule has 2 bridgehead atoms. The van der Waals surface area contributed by atoms with Crippen molar-refractivity contribution in [2.75, 3.05) is 31.5 Å². The second-order valence-corrected chi connectivity index (χ2v) is 10.3. The second kappa shape index (κ2) is 8.80. The molecule has 1 aliphatic carbocycles. The van der Waals surface area contributed by atoms with E-state index in [9.17, 15) is 14.7 Å². The van der Waals surface area contributed by atoms with Crippen LogP contribution < -0.4 is 5.32 Å². The van der Waals surface area contributed by atoms with Gasteiger partial charge in [0.15, 0.2) is 12.6 Å². The van der Waals surface area contributed by atoms with Crippen LogP contribution in [0, 0.1) is 5.92 Å². The molecule has 3 saturated heterocycles. The van der Waals surface area contributed by atoms with Crippen LogP contribution in [-0.2, 0) is 26.3 Å². The molecule has 3 aromatic rings. The smallest absolute Gasteiger partial charge is 0.348 e. The first-order valence-electron chi connectivity index (χ1n) is 12.5. The van der Waals surface area contributed by atoms with Gasteiger partial charge in [0.25, 0.3) is 5.91 Å². The first-order chi connectivity index (χ1) is 17.5. The number of ether oxygens (including phenoxy) is 1. The van der Waals surface area contributed by atoms with Crippen molar-refractivity contribution in [2.45, 2.75) is 31.0 Å². The number of aromatic nitrogens is 2. The number of aliphatic hydroxyl groups is 1. The Labute approximate surface area is 209 Å². The fraction of sp³-hybridized carbons (Fsp3) is 0.357. The van der Waals surface area contributed by atoms with Gasteiger partial charge in [-0.15, -0.1) is 0 Å². The fourth-order valence-corrected chi connectivity index (χ4v) is 6.28. The lowest BCUT2D eigenvalue weighted by Gasteiger charge is -2.51. The minimum absolute atomic E-state index is 0.118. The standard InChI is InChI=1S/C28H28N4O4/c33-26(31-25-9-12-29-18-30-25)17-32-13-10-19(11-14-32)24(16-32)36-27(34)28(35)22-7-3-1-5-20(22)15-21-6-2-4-8-23(21)28/h1-9,12,18-19,24,35H,10-11,13-17H2/p+1/t19?,24-,32?/m0/s1. The number of esters is 1. The van der Waals surface area contributed by atoms with E-state index < -0.39 is 11.6 Å². The highest BCUT2D eigenvalue weighted by Gasteiger charge is 2.52. The van der Waals surface area contributed by atoms with Gasteiger partial charge in [-0.1, -0.05) is 48.5 Å². The molecule has 4 heterocycles. The van der Waals surface area contributed by atoms with Gasteiger partial charge in [-0.25, -0.2) is 14.8 Å². The summed E-state index contributed by atoms with van der Waals surface area (Å²) in [4.78, 5) is 34.6. The molecule has 4 aliphatic rings. The van der Waals surface area contributed by atoms with Crippen molar-refractivity contribution >= 4 is 17.7 Å².